The molecule has 1 aromatic rings. The second kappa shape index (κ2) is 6.66. The number of ether oxygens (including phenoxy) is 1. The Labute approximate surface area is 117 Å². The minimum Gasteiger partial charge on any atom is -0.384 e. The van der Waals surface area contributed by atoms with Crippen LogP contribution in [0.3, 0.4) is 0 Å². The number of methoxy groups -OCH3 is 1. The zero-order chi connectivity index (χ0) is 13.0. The maximum Gasteiger partial charge on any atom is 0.0503 e. The quantitative estimate of drug-likeness (QED) is 0.907. The molecule has 2 N–H and O–H groups in total. The molecule has 0 amide bonds. The number of nitrogens with zero attached hydrogens (tertiary/aromatic N) is 1. The topological polar surface area (TPSA) is 38.5 Å². The SMILES string of the molecule is COCC1CCN(C(CN)c2ccccc2Br)C1. The second-order valence-electron chi connectivity index (χ2n) is 4.88. The number of likely N-dealkylation sites (tertiary alicyclic amines) is 1. The first-order valence-electron chi connectivity index (χ1n) is 6.43. The number of hydrogen-bond donors (Lipinski definition) is 1. The van der Waals surface area contributed by atoms with Crippen LogP contribution in [-0.2, 0) is 4.74 Å². The molecule has 2 atom stereocenters. The van der Waals surface area contributed by atoms with Gasteiger partial charge in [0.1, 0.15) is 0 Å². The third kappa shape index (κ3) is 3.12. The van der Waals surface area contributed by atoms with E-state index in [-0.39, 0.29) is 0 Å². The fourth-order valence-corrected chi connectivity index (χ4v) is 3.28. The van der Waals surface area contributed by atoms with E-state index in [9.17, 15) is 0 Å². The van der Waals surface area contributed by atoms with Crippen molar-refractivity contribution in [1.29, 1.82) is 0 Å². The Balaban J connectivity index is 2.08. The largest absolute Gasteiger partial charge is 0.384 e. The standard InChI is InChI=1S/C14H21BrN2O/c1-18-10-11-6-7-17(9-11)14(8-16)12-4-2-3-5-13(12)15/h2-5,11,14H,6-10,16H2,1H3. The van der Waals surface area contributed by atoms with Gasteiger partial charge in [-0.25, -0.2) is 0 Å². The van der Waals surface area contributed by atoms with Crippen LogP contribution >= 0.6 is 15.9 Å². The Kier molecular flexibility index (Phi) is 5.18. The maximum absolute atomic E-state index is 5.98. The predicted octanol–water partition coefficient (Wildman–Crippen LogP) is 2.42. The van der Waals surface area contributed by atoms with E-state index in [0.717, 1.165) is 24.2 Å². The van der Waals surface area contributed by atoms with Crippen molar-refractivity contribution in [2.45, 2.75) is 12.5 Å². The van der Waals surface area contributed by atoms with Gasteiger partial charge in [-0.15, -0.1) is 0 Å². The number of hydrogen-bond acceptors (Lipinski definition) is 3. The van der Waals surface area contributed by atoms with E-state index in [1.807, 2.05) is 6.07 Å². The van der Waals surface area contributed by atoms with Crippen molar-refractivity contribution in [3.63, 3.8) is 0 Å². The van der Waals surface area contributed by atoms with Crippen molar-refractivity contribution in [3.05, 3.63) is 34.3 Å². The summed E-state index contributed by atoms with van der Waals surface area (Å²) >= 11 is 3.62. The minimum atomic E-state index is 0.308. The normalized spacial score (nSPS) is 22.3. The molecule has 3 nitrogen and oxygen atoms in total. The third-order valence-corrected chi connectivity index (χ3v) is 4.37. The van der Waals surface area contributed by atoms with Crippen molar-refractivity contribution in [2.75, 3.05) is 33.4 Å². The van der Waals surface area contributed by atoms with E-state index in [1.54, 1.807) is 7.11 Å². The highest BCUT2D eigenvalue weighted by Gasteiger charge is 2.29. The zero-order valence-corrected chi connectivity index (χ0v) is 12.4. The highest BCUT2D eigenvalue weighted by molar-refractivity contribution is 9.10. The monoisotopic (exact) mass is 312 g/mol. The lowest BCUT2D eigenvalue weighted by atomic mass is 10.1. The fourth-order valence-electron chi connectivity index (χ4n) is 2.74. The molecule has 100 valence electrons. The van der Waals surface area contributed by atoms with Gasteiger partial charge in [0.05, 0.1) is 6.61 Å². The van der Waals surface area contributed by atoms with Crippen LogP contribution in [0.15, 0.2) is 28.7 Å². The molecule has 0 spiro atoms. The van der Waals surface area contributed by atoms with E-state index < -0.39 is 0 Å². The van der Waals surface area contributed by atoms with E-state index in [4.69, 9.17) is 10.5 Å². The average molecular weight is 313 g/mol. The Morgan fingerprint density at radius 3 is 2.94 bits per heavy atom. The molecular formula is C14H21BrN2O. The van der Waals surface area contributed by atoms with E-state index >= 15 is 0 Å². The lowest BCUT2D eigenvalue weighted by Crippen LogP contribution is -2.32. The van der Waals surface area contributed by atoms with Crippen molar-refractivity contribution in [2.24, 2.45) is 11.7 Å². The summed E-state index contributed by atoms with van der Waals surface area (Å²) in [7, 11) is 1.77. The summed E-state index contributed by atoms with van der Waals surface area (Å²) in [6, 6.07) is 8.67. The Hall–Kier alpha value is -0.420. The van der Waals surface area contributed by atoms with Crippen LogP contribution in [0.2, 0.25) is 0 Å². The van der Waals surface area contributed by atoms with Gasteiger partial charge in [-0.1, -0.05) is 34.1 Å². The summed E-state index contributed by atoms with van der Waals surface area (Å²) < 4.78 is 6.40. The van der Waals surface area contributed by atoms with Crippen molar-refractivity contribution in [3.8, 4) is 0 Å². The molecule has 1 saturated heterocycles. The molecule has 1 fully saturated rings. The van der Waals surface area contributed by atoms with Gasteiger partial charge in [0.15, 0.2) is 0 Å². The van der Waals surface area contributed by atoms with Crippen LogP contribution in [0.5, 0.6) is 0 Å². The third-order valence-electron chi connectivity index (χ3n) is 3.65. The first-order valence-corrected chi connectivity index (χ1v) is 7.23. The molecule has 1 aliphatic heterocycles. The Morgan fingerprint density at radius 2 is 2.28 bits per heavy atom. The molecule has 0 bridgehead atoms. The van der Waals surface area contributed by atoms with Gasteiger partial charge in [0, 0.05) is 30.7 Å². The molecule has 1 aromatic carbocycles. The first-order chi connectivity index (χ1) is 8.76. The van der Waals surface area contributed by atoms with Crippen molar-refractivity contribution >= 4 is 15.9 Å². The van der Waals surface area contributed by atoms with Crippen LogP contribution in [0, 0.1) is 5.92 Å². The van der Waals surface area contributed by atoms with Crippen LogP contribution in [-0.4, -0.2) is 38.3 Å². The molecule has 18 heavy (non-hydrogen) atoms. The highest BCUT2D eigenvalue weighted by atomic mass is 79.9. The lowest BCUT2D eigenvalue weighted by molar-refractivity contribution is 0.147. The number of nitrogens with two attached hydrogens (primary N) is 1. The van der Waals surface area contributed by atoms with Crippen molar-refractivity contribution < 1.29 is 4.74 Å². The van der Waals surface area contributed by atoms with E-state index in [1.165, 1.54) is 12.0 Å². The summed E-state index contributed by atoms with van der Waals surface area (Å²) in [6.07, 6.45) is 1.20. The van der Waals surface area contributed by atoms with Gasteiger partial charge < -0.3 is 10.5 Å². The fraction of sp³-hybridized carbons (Fsp3) is 0.571. The Bertz CT molecular complexity index is 386. The summed E-state index contributed by atoms with van der Waals surface area (Å²) in [6.45, 7) is 3.69. The highest BCUT2D eigenvalue weighted by Crippen LogP contribution is 2.31. The molecule has 2 unspecified atom stereocenters. The summed E-state index contributed by atoms with van der Waals surface area (Å²) in [5.41, 5.74) is 7.27. The summed E-state index contributed by atoms with van der Waals surface area (Å²) in [4.78, 5) is 2.48. The molecule has 1 heterocycles. The van der Waals surface area contributed by atoms with Crippen molar-refractivity contribution in [1.82, 2.24) is 4.90 Å². The van der Waals surface area contributed by atoms with Gasteiger partial charge in [-0.2, -0.15) is 0 Å². The molecule has 0 saturated carbocycles. The number of halogens is 1. The summed E-state index contributed by atoms with van der Waals surface area (Å²) in [5, 5.41) is 0. The molecular weight excluding hydrogens is 292 g/mol. The minimum absolute atomic E-state index is 0.308. The van der Waals surface area contributed by atoms with Crippen LogP contribution < -0.4 is 5.73 Å². The average Bonchev–Trinajstić information content (AvgIpc) is 2.82. The van der Waals surface area contributed by atoms with E-state index in [2.05, 4.69) is 39.0 Å². The van der Waals surface area contributed by atoms with Gasteiger partial charge >= 0.3 is 0 Å². The molecule has 2 rings (SSSR count). The van der Waals surface area contributed by atoms with Crippen LogP contribution in [0.1, 0.15) is 18.0 Å². The summed E-state index contributed by atoms with van der Waals surface area (Å²) in [5.74, 6) is 0.645. The second-order valence-corrected chi connectivity index (χ2v) is 5.73. The number of rotatable bonds is 5. The molecule has 0 aliphatic carbocycles. The van der Waals surface area contributed by atoms with E-state index in [0.29, 0.717) is 18.5 Å². The molecule has 0 radical (unpaired) electrons. The van der Waals surface area contributed by atoms with Crippen LogP contribution in [0.25, 0.3) is 0 Å². The number of benzene rings is 1. The molecule has 0 aromatic heterocycles. The van der Waals surface area contributed by atoms with Crippen LogP contribution in [0.4, 0.5) is 0 Å². The molecule has 4 heteroatoms. The first kappa shape index (κ1) is 14.0. The van der Waals surface area contributed by atoms with Gasteiger partial charge in [0.25, 0.3) is 0 Å². The Morgan fingerprint density at radius 1 is 1.50 bits per heavy atom. The smallest absolute Gasteiger partial charge is 0.0503 e. The lowest BCUT2D eigenvalue weighted by Gasteiger charge is -2.28. The maximum atomic E-state index is 5.98. The molecule has 1 aliphatic rings. The predicted molar refractivity (Wildman–Crippen MR) is 77.5 cm³/mol. The van der Waals surface area contributed by atoms with Gasteiger partial charge in [-0.3, -0.25) is 4.90 Å². The van der Waals surface area contributed by atoms with Gasteiger partial charge in [-0.05, 0) is 30.5 Å². The van der Waals surface area contributed by atoms with Gasteiger partial charge in [0.2, 0.25) is 0 Å². The zero-order valence-electron chi connectivity index (χ0n) is 10.8.